The minimum Gasteiger partial charge on any atom is -0.497 e. The van der Waals surface area contributed by atoms with Gasteiger partial charge in [0.25, 0.3) is 0 Å². The maximum absolute atomic E-state index is 11.6. The molecule has 2 aromatic rings. The third-order valence-corrected chi connectivity index (χ3v) is 9.55. The van der Waals surface area contributed by atoms with E-state index in [2.05, 4.69) is 21.6 Å². The van der Waals surface area contributed by atoms with Gasteiger partial charge in [0.15, 0.2) is 0 Å². The first kappa shape index (κ1) is 26.6. The summed E-state index contributed by atoms with van der Waals surface area (Å²) in [6.07, 6.45) is 12.9. The Morgan fingerprint density at radius 3 is 2.83 bits per heavy atom. The Hall–Kier alpha value is -1.50. The summed E-state index contributed by atoms with van der Waals surface area (Å²) in [7, 11) is 1.67. The maximum atomic E-state index is 11.6. The second-order valence-corrected chi connectivity index (χ2v) is 12.0. The summed E-state index contributed by atoms with van der Waals surface area (Å²) in [5.41, 5.74) is 2.04. The van der Waals surface area contributed by atoms with Gasteiger partial charge in [-0.2, -0.15) is 11.8 Å². The molecule has 2 heterocycles. The second-order valence-electron chi connectivity index (χ2n) is 10.2. The van der Waals surface area contributed by atoms with Gasteiger partial charge in [0.1, 0.15) is 5.75 Å². The molecule has 0 spiro atoms. The summed E-state index contributed by atoms with van der Waals surface area (Å²) in [5, 5.41) is 12.1. The number of hydrogen-bond donors (Lipinski definition) is 1. The Kier molecular flexibility index (Phi) is 9.99. The molecule has 1 aromatic heterocycles. The first-order chi connectivity index (χ1) is 17.0. The zero-order valence-electron chi connectivity index (χ0n) is 20.9. The van der Waals surface area contributed by atoms with Crippen LogP contribution in [0.4, 0.5) is 0 Å². The number of fused-ring (bicyclic) bond motifs is 1. The highest BCUT2D eigenvalue weighted by atomic mass is 35.5. The van der Waals surface area contributed by atoms with Crippen LogP contribution in [0, 0.1) is 11.8 Å². The van der Waals surface area contributed by atoms with Gasteiger partial charge in [-0.25, -0.2) is 0 Å². The number of piperidine rings is 1. The van der Waals surface area contributed by atoms with Crippen LogP contribution in [-0.4, -0.2) is 58.7 Å². The highest BCUT2D eigenvalue weighted by Gasteiger charge is 2.30. The number of ether oxygens (including phenoxy) is 1. The van der Waals surface area contributed by atoms with Crippen molar-refractivity contribution in [1.82, 2.24) is 9.88 Å². The minimum absolute atomic E-state index is 0.227. The summed E-state index contributed by atoms with van der Waals surface area (Å²) >= 11 is 8.69. The highest BCUT2D eigenvalue weighted by molar-refractivity contribution is 7.99. The number of carboxylic acid groups (broad SMARTS) is 1. The number of halogens is 1. The van der Waals surface area contributed by atoms with Crippen molar-refractivity contribution >= 4 is 40.2 Å². The third kappa shape index (κ3) is 7.50. The standard InChI is InChI=1S/C28H39ClN2O3S/c1-34-22-10-11-27-25(17-22)24(26(29)18-30-27)9-5-6-20-12-13-31(19-21(20)16-28(32)33)14-15-35-23-7-3-2-4-8-23/h10-11,17-18,20-21,23H,2-9,12-16,19H2,1H3,(H,32,33). The van der Waals surface area contributed by atoms with Gasteiger partial charge in [-0.3, -0.25) is 9.78 Å². The number of carboxylic acids is 1. The number of aliphatic carboxylic acids is 1. The Labute approximate surface area is 219 Å². The molecule has 1 saturated heterocycles. The molecule has 192 valence electrons. The Balaban J connectivity index is 1.31. The van der Waals surface area contributed by atoms with E-state index in [9.17, 15) is 9.90 Å². The lowest BCUT2D eigenvalue weighted by Gasteiger charge is -2.38. The molecule has 2 atom stereocenters. The number of aryl methyl sites for hydroxylation is 1. The van der Waals surface area contributed by atoms with Crippen molar-refractivity contribution in [3.8, 4) is 5.75 Å². The molecule has 0 amide bonds. The Bertz CT molecular complexity index is 982. The van der Waals surface area contributed by atoms with Crippen molar-refractivity contribution in [3.63, 3.8) is 0 Å². The molecule has 1 saturated carbocycles. The van der Waals surface area contributed by atoms with E-state index in [4.69, 9.17) is 16.3 Å². The third-order valence-electron chi connectivity index (χ3n) is 7.86. The quantitative estimate of drug-likeness (QED) is 0.357. The number of pyridine rings is 1. The lowest BCUT2D eigenvalue weighted by molar-refractivity contribution is -0.139. The average Bonchev–Trinajstić information content (AvgIpc) is 2.86. The van der Waals surface area contributed by atoms with Gasteiger partial charge in [0.05, 0.1) is 17.6 Å². The van der Waals surface area contributed by atoms with Crippen molar-refractivity contribution in [2.75, 3.05) is 32.5 Å². The molecule has 5 nitrogen and oxygen atoms in total. The molecule has 7 heteroatoms. The van der Waals surface area contributed by atoms with Crippen molar-refractivity contribution in [2.24, 2.45) is 11.8 Å². The number of nitrogens with zero attached hydrogens (tertiary/aromatic N) is 2. The summed E-state index contributed by atoms with van der Waals surface area (Å²) in [6, 6.07) is 5.91. The minimum atomic E-state index is -0.673. The van der Waals surface area contributed by atoms with Crippen LogP contribution in [0.1, 0.15) is 63.4 Å². The van der Waals surface area contributed by atoms with Gasteiger partial charge < -0.3 is 14.7 Å². The molecule has 1 aliphatic carbocycles. The van der Waals surface area contributed by atoms with Crippen LogP contribution in [0.25, 0.3) is 10.9 Å². The van der Waals surface area contributed by atoms with E-state index >= 15 is 0 Å². The van der Waals surface area contributed by atoms with E-state index in [1.54, 1.807) is 13.3 Å². The predicted octanol–water partition coefficient (Wildman–Crippen LogP) is 6.70. The normalized spacial score (nSPS) is 21.9. The molecule has 4 rings (SSSR count). The molecule has 2 unspecified atom stereocenters. The van der Waals surface area contributed by atoms with Crippen LogP contribution in [0.3, 0.4) is 0 Å². The van der Waals surface area contributed by atoms with Gasteiger partial charge in [-0.15, -0.1) is 0 Å². The van der Waals surface area contributed by atoms with Crippen molar-refractivity contribution in [3.05, 3.63) is 35.0 Å². The molecular formula is C28H39ClN2O3S. The van der Waals surface area contributed by atoms with Gasteiger partial charge in [0.2, 0.25) is 0 Å². The molecule has 0 radical (unpaired) electrons. The number of thioether (sulfide) groups is 1. The van der Waals surface area contributed by atoms with Crippen molar-refractivity contribution in [2.45, 2.75) is 69.5 Å². The predicted molar refractivity (Wildman–Crippen MR) is 146 cm³/mol. The van der Waals surface area contributed by atoms with Crippen molar-refractivity contribution in [1.29, 1.82) is 0 Å². The van der Waals surface area contributed by atoms with E-state index in [0.29, 0.717) is 10.9 Å². The fourth-order valence-electron chi connectivity index (χ4n) is 5.90. The smallest absolute Gasteiger partial charge is 0.303 e. The zero-order valence-corrected chi connectivity index (χ0v) is 22.5. The number of methoxy groups -OCH3 is 1. The fraction of sp³-hybridized carbons (Fsp3) is 0.643. The molecule has 1 aromatic carbocycles. The zero-order chi connectivity index (χ0) is 24.6. The molecule has 35 heavy (non-hydrogen) atoms. The van der Waals surface area contributed by atoms with Crippen LogP contribution in [0.15, 0.2) is 24.4 Å². The van der Waals surface area contributed by atoms with Crippen molar-refractivity contribution < 1.29 is 14.6 Å². The molecule has 1 N–H and O–H groups in total. The van der Waals surface area contributed by atoms with Gasteiger partial charge in [-0.05, 0) is 80.7 Å². The lowest BCUT2D eigenvalue weighted by Crippen LogP contribution is -2.42. The Morgan fingerprint density at radius 2 is 2.06 bits per heavy atom. The lowest BCUT2D eigenvalue weighted by atomic mass is 9.80. The van der Waals surface area contributed by atoms with E-state index in [-0.39, 0.29) is 12.3 Å². The SMILES string of the molecule is COc1ccc2ncc(Cl)c(CCCC3CCN(CCSC4CCCCC4)CC3CC(=O)O)c2c1. The van der Waals surface area contributed by atoms with E-state index in [1.807, 2.05) is 18.2 Å². The first-order valence-corrected chi connectivity index (χ1v) is 14.6. The van der Waals surface area contributed by atoms with Crippen LogP contribution in [0.2, 0.25) is 5.02 Å². The Morgan fingerprint density at radius 1 is 1.23 bits per heavy atom. The summed E-state index contributed by atoms with van der Waals surface area (Å²) < 4.78 is 5.41. The van der Waals surface area contributed by atoms with E-state index in [0.717, 1.165) is 72.8 Å². The number of aromatic nitrogens is 1. The second kappa shape index (κ2) is 13.2. The molecule has 0 bridgehead atoms. The fourth-order valence-corrected chi connectivity index (χ4v) is 7.51. The number of likely N-dealkylation sites (tertiary alicyclic amines) is 1. The topological polar surface area (TPSA) is 62.7 Å². The number of carbonyl (C=O) groups is 1. The summed E-state index contributed by atoms with van der Waals surface area (Å²) in [6.45, 7) is 3.09. The largest absolute Gasteiger partial charge is 0.497 e. The summed E-state index contributed by atoms with van der Waals surface area (Å²) in [5.74, 6) is 1.99. The average molecular weight is 519 g/mol. The molecule has 2 aliphatic rings. The number of benzene rings is 1. The van der Waals surface area contributed by atoms with Gasteiger partial charge >= 0.3 is 5.97 Å². The van der Waals surface area contributed by atoms with Gasteiger partial charge in [0, 0.05) is 42.1 Å². The molecule has 2 fully saturated rings. The van der Waals surface area contributed by atoms with E-state index < -0.39 is 5.97 Å². The molecule has 1 aliphatic heterocycles. The first-order valence-electron chi connectivity index (χ1n) is 13.2. The highest BCUT2D eigenvalue weighted by Crippen LogP contribution is 2.34. The van der Waals surface area contributed by atoms with Crippen LogP contribution in [-0.2, 0) is 11.2 Å². The number of rotatable bonds is 11. The van der Waals surface area contributed by atoms with Crippen LogP contribution < -0.4 is 4.74 Å². The number of hydrogen-bond acceptors (Lipinski definition) is 5. The van der Waals surface area contributed by atoms with Crippen LogP contribution >= 0.6 is 23.4 Å². The van der Waals surface area contributed by atoms with E-state index in [1.165, 1.54) is 37.9 Å². The molecular weight excluding hydrogens is 480 g/mol. The van der Waals surface area contributed by atoms with Crippen LogP contribution in [0.5, 0.6) is 5.75 Å². The monoisotopic (exact) mass is 518 g/mol. The van der Waals surface area contributed by atoms with Gasteiger partial charge in [-0.1, -0.05) is 30.9 Å². The maximum Gasteiger partial charge on any atom is 0.303 e. The summed E-state index contributed by atoms with van der Waals surface area (Å²) in [4.78, 5) is 18.6.